The number of thiophene rings is 1. The van der Waals surface area contributed by atoms with Crippen LogP contribution in [0, 0.1) is 0 Å². The molecular formula is C39H24N2OS. The van der Waals surface area contributed by atoms with E-state index in [-0.39, 0.29) is 0 Å². The van der Waals surface area contributed by atoms with Crippen molar-refractivity contribution < 1.29 is 4.42 Å². The second-order valence-corrected chi connectivity index (χ2v) is 11.9. The van der Waals surface area contributed by atoms with Crippen LogP contribution in [0.15, 0.2) is 150 Å². The molecule has 0 amide bonds. The number of hydrogen-bond acceptors (Lipinski definition) is 4. The van der Waals surface area contributed by atoms with Gasteiger partial charge in [0.15, 0.2) is 5.58 Å². The van der Waals surface area contributed by atoms with Gasteiger partial charge in [0.2, 0.25) is 0 Å². The summed E-state index contributed by atoms with van der Waals surface area (Å²) < 4.78 is 9.10. The van der Waals surface area contributed by atoms with Crippen molar-refractivity contribution in [3.05, 3.63) is 146 Å². The molecule has 6 aromatic carbocycles. The van der Waals surface area contributed by atoms with E-state index in [4.69, 9.17) is 4.42 Å². The number of benzene rings is 6. The van der Waals surface area contributed by atoms with Gasteiger partial charge in [0.1, 0.15) is 5.58 Å². The summed E-state index contributed by atoms with van der Waals surface area (Å²) in [5.41, 5.74) is 7.32. The van der Waals surface area contributed by atoms with E-state index >= 15 is 0 Å². The van der Waals surface area contributed by atoms with Crippen LogP contribution in [0.3, 0.4) is 0 Å². The number of para-hydroxylation sites is 2. The minimum absolute atomic E-state index is 0.877. The van der Waals surface area contributed by atoms with Gasteiger partial charge >= 0.3 is 0 Å². The number of rotatable bonds is 4. The SMILES string of the molecule is c1ccc(-c2ccc(N(c3ccc4sc5ccc6cnccc6c5c4c3)c3cccc4c3oc3ccccc34)cc2)cc1. The highest BCUT2D eigenvalue weighted by Gasteiger charge is 2.20. The van der Waals surface area contributed by atoms with Gasteiger partial charge in [-0.1, -0.05) is 78.9 Å². The fraction of sp³-hybridized carbons (Fsp3) is 0. The van der Waals surface area contributed by atoms with E-state index < -0.39 is 0 Å². The zero-order valence-electron chi connectivity index (χ0n) is 23.1. The first-order valence-corrected chi connectivity index (χ1v) is 15.2. The van der Waals surface area contributed by atoms with Gasteiger partial charge in [-0.05, 0) is 71.1 Å². The van der Waals surface area contributed by atoms with Crippen LogP contribution in [0.25, 0.3) is 64.0 Å². The molecule has 9 aromatic rings. The van der Waals surface area contributed by atoms with Crippen LogP contribution in [0.5, 0.6) is 0 Å². The Morgan fingerprint density at radius 3 is 2.23 bits per heavy atom. The van der Waals surface area contributed by atoms with E-state index in [0.717, 1.165) is 44.4 Å². The minimum atomic E-state index is 0.877. The van der Waals surface area contributed by atoms with Crippen molar-refractivity contribution in [2.24, 2.45) is 0 Å². The minimum Gasteiger partial charge on any atom is -0.454 e. The number of furan rings is 1. The molecule has 3 aromatic heterocycles. The zero-order valence-corrected chi connectivity index (χ0v) is 23.9. The smallest absolute Gasteiger partial charge is 0.159 e. The second-order valence-electron chi connectivity index (χ2n) is 10.8. The average Bonchev–Trinajstić information content (AvgIpc) is 3.65. The Kier molecular flexibility index (Phi) is 5.37. The Balaban J connectivity index is 1.30. The normalized spacial score (nSPS) is 11.7. The predicted molar refractivity (Wildman–Crippen MR) is 182 cm³/mol. The van der Waals surface area contributed by atoms with E-state index in [9.17, 15) is 0 Å². The van der Waals surface area contributed by atoms with E-state index in [1.807, 2.05) is 35.9 Å². The largest absolute Gasteiger partial charge is 0.454 e. The van der Waals surface area contributed by atoms with Gasteiger partial charge in [-0.2, -0.15) is 0 Å². The molecule has 0 fully saturated rings. The molecule has 0 aliphatic carbocycles. The summed E-state index contributed by atoms with van der Waals surface area (Å²) >= 11 is 1.84. The number of pyridine rings is 1. The van der Waals surface area contributed by atoms with Gasteiger partial charge in [0.05, 0.1) is 5.69 Å². The van der Waals surface area contributed by atoms with Gasteiger partial charge in [-0.25, -0.2) is 0 Å². The molecule has 0 radical (unpaired) electrons. The molecule has 0 bridgehead atoms. The third-order valence-corrected chi connectivity index (χ3v) is 9.49. The summed E-state index contributed by atoms with van der Waals surface area (Å²) in [6.45, 7) is 0. The average molecular weight is 569 g/mol. The van der Waals surface area contributed by atoms with Crippen LogP contribution < -0.4 is 4.90 Å². The van der Waals surface area contributed by atoms with Crippen molar-refractivity contribution in [3.63, 3.8) is 0 Å². The quantitative estimate of drug-likeness (QED) is 0.211. The molecule has 3 nitrogen and oxygen atoms in total. The number of hydrogen-bond donors (Lipinski definition) is 0. The molecule has 202 valence electrons. The van der Waals surface area contributed by atoms with Crippen molar-refractivity contribution in [2.75, 3.05) is 4.90 Å². The molecule has 0 atom stereocenters. The molecule has 0 N–H and O–H groups in total. The van der Waals surface area contributed by atoms with E-state index in [2.05, 4.69) is 131 Å². The fourth-order valence-corrected chi connectivity index (χ4v) is 7.44. The molecule has 9 rings (SSSR count). The number of fused-ring (bicyclic) bond motifs is 8. The maximum atomic E-state index is 6.55. The summed E-state index contributed by atoms with van der Waals surface area (Å²) in [6, 6.07) is 47.4. The van der Waals surface area contributed by atoms with Crippen molar-refractivity contribution in [1.82, 2.24) is 4.98 Å². The molecule has 4 heteroatoms. The zero-order chi connectivity index (χ0) is 28.3. The maximum absolute atomic E-state index is 6.55. The number of nitrogens with zero attached hydrogens (tertiary/aromatic N) is 2. The third kappa shape index (κ3) is 3.84. The predicted octanol–water partition coefficient (Wildman–Crippen LogP) is 11.6. The van der Waals surface area contributed by atoms with Crippen LogP contribution in [-0.2, 0) is 0 Å². The van der Waals surface area contributed by atoms with Gasteiger partial charge in [-0.3, -0.25) is 4.98 Å². The second kappa shape index (κ2) is 9.55. The highest BCUT2D eigenvalue weighted by molar-refractivity contribution is 7.26. The van der Waals surface area contributed by atoms with E-state index in [1.54, 1.807) is 0 Å². The lowest BCUT2D eigenvalue weighted by molar-refractivity contribution is 0.669. The van der Waals surface area contributed by atoms with E-state index in [1.165, 1.54) is 36.7 Å². The van der Waals surface area contributed by atoms with Crippen molar-refractivity contribution in [2.45, 2.75) is 0 Å². The van der Waals surface area contributed by atoms with Crippen LogP contribution in [-0.4, -0.2) is 4.98 Å². The van der Waals surface area contributed by atoms with Crippen LogP contribution in [0.1, 0.15) is 0 Å². The standard InChI is InChI=1S/C39H24N2OS/c1-2-7-25(8-3-1)26-13-16-28(17-14-26)41(34-11-6-10-32-31-9-4-5-12-35(31)42-39(32)34)29-18-20-36-33(23-29)38-30-21-22-40-24-27(30)15-19-37(38)43-36/h1-24H. The topological polar surface area (TPSA) is 29.3 Å². The Labute approximate surface area is 251 Å². The summed E-state index contributed by atoms with van der Waals surface area (Å²) in [5.74, 6) is 0. The first-order valence-electron chi connectivity index (χ1n) is 14.4. The molecule has 43 heavy (non-hydrogen) atoms. The molecular weight excluding hydrogens is 545 g/mol. The van der Waals surface area contributed by atoms with Crippen LogP contribution in [0.4, 0.5) is 17.1 Å². The van der Waals surface area contributed by atoms with Gasteiger partial charge < -0.3 is 9.32 Å². The highest BCUT2D eigenvalue weighted by Crippen LogP contribution is 2.45. The summed E-state index contributed by atoms with van der Waals surface area (Å²) in [7, 11) is 0. The van der Waals surface area contributed by atoms with Crippen molar-refractivity contribution >= 4 is 81.3 Å². The van der Waals surface area contributed by atoms with Crippen LogP contribution >= 0.6 is 11.3 Å². The maximum Gasteiger partial charge on any atom is 0.159 e. The lowest BCUT2D eigenvalue weighted by atomic mass is 10.0. The third-order valence-electron chi connectivity index (χ3n) is 8.35. The molecule has 0 aliphatic heterocycles. The van der Waals surface area contributed by atoms with Crippen molar-refractivity contribution in [1.29, 1.82) is 0 Å². The Bertz CT molecular complexity index is 2460. The number of anilines is 3. The molecule has 0 saturated heterocycles. The Morgan fingerprint density at radius 2 is 1.33 bits per heavy atom. The monoisotopic (exact) mass is 568 g/mol. The summed E-state index contributed by atoms with van der Waals surface area (Å²) in [6.07, 6.45) is 3.84. The van der Waals surface area contributed by atoms with Gasteiger partial charge in [-0.15, -0.1) is 11.3 Å². The Morgan fingerprint density at radius 1 is 0.558 bits per heavy atom. The van der Waals surface area contributed by atoms with E-state index in [0.29, 0.717) is 0 Å². The first kappa shape index (κ1) is 24.2. The van der Waals surface area contributed by atoms with Crippen LogP contribution in [0.2, 0.25) is 0 Å². The summed E-state index contributed by atoms with van der Waals surface area (Å²) in [4.78, 5) is 6.70. The van der Waals surface area contributed by atoms with Gasteiger partial charge in [0.25, 0.3) is 0 Å². The molecule has 0 unspecified atom stereocenters. The molecule has 0 spiro atoms. The fourth-order valence-electron chi connectivity index (χ4n) is 6.34. The highest BCUT2D eigenvalue weighted by atomic mass is 32.1. The summed E-state index contributed by atoms with van der Waals surface area (Å²) in [5, 5.41) is 7.15. The Hall–Kier alpha value is -5.45. The number of aromatic nitrogens is 1. The first-order chi connectivity index (χ1) is 21.3. The molecule has 0 saturated carbocycles. The van der Waals surface area contributed by atoms with Crippen molar-refractivity contribution in [3.8, 4) is 11.1 Å². The van der Waals surface area contributed by atoms with Gasteiger partial charge in [0, 0.05) is 60.1 Å². The molecule has 0 aliphatic rings. The lowest BCUT2D eigenvalue weighted by Crippen LogP contribution is -2.10. The molecule has 3 heterocycles. The lowest BCUT2D eigenvalue weighted by Gasteiger charge is -2.26.